The van der Waals surface area contributed by atoms with Gasteiger partial charge in [0.15, 0.2) is 0 Å². The molecule has 0 bridgehead atoms. The number of halogens is 1. The van der Waals surface area contributed by atoms with E-state index in [0.29, 0.717) is 35.0 Å². The maximum absolute atomic E-state index is 12.7. The van der Waals surface area contributed by atoms with Crippen molar-refractivity contribution in [3.05, 3.63) is 53.1 Å². The zero-order chi connectivity index (χ0) is 18.0. The van der Waals surface area contributed by atoms with E-state index in [2.05, 4.69) is 10.6 Å². The van der Waals surface area contributed by atoms with Gasteiger partial charge in [0.05, 0.1) is 12.8 Å². The van der Waals surface area contributed by atoms with Crippen molar-refractivity contribution in [1.82, 2.24) is 0 Å². The molecule has 130 valence electrons. The molecule has 0 saturated heterocycles. The average molecular weight is 359 g/mol. The van der Waals surface area contributed by atoms with E-state index in [0.717, 1.165) is 5.56 Å². The molecule has 2 aromatic carbocycles. The molecule has 6 heteroatoms. The van der Waals surface area contributed by atoms with Crippen molar-refractivity contribution in [2.45, 2.75) is 19.8 Å². The summed E-state index contributed by atoms with van der Waals surface area (Å²) in [5.41, 5.74) is 1.01. The Morgan fingerprint density at radius 2 is 1.68 bits per heavy atom. The molecule has 0 radical (unpaired) electrons. The van der Waals surface area contributed by atoms with Crippen LogP contribution in [0.2, 0.25) is 5.02 Å². The van der Waals surface area contributed by atoms with Gasteiger partial charge >= 0.3 is 0 Å². The van der Waals surface area contributed by atoms with Crippen molar-refractivity contribution in [2.75, 3.05) is 17.7 Å². The molecular formula is C19H19ClN2O3. The molecule has 0 aliphatic heterocycles. The van der Waals surface area contributed by atoms with Crippen LogP contribution in [0.4, 0.5) is 11.4 Å². The van der Waals surface area contributed by atoms with E-state index >= 15 is 0 Å². The zero-order valence-electron chi connectivity index (χ0n) is 14.1. The monoisotopic (exact) mass is 358 g/mol. The number of nitrogens with one attached hydrogen (secondary N) is 2. The van der Waals surface area contributed by atoms with Crippen LogP contribution in [0, 0.1) is 12.3 Å². The Morgan fingerprint density at radius 1 is 1.04 bits per heavy atom. The highest BCUT2D eigenvalue weighted by molar-refractivity contribution is 6.31. The Bertz CT molecular complexity index is 831. The number of ether oxygens (including phenoxy) is 1. The summed E-state index contributed by atoms with van der Waals surface area (Å²) < 4.78 is 5.23. The summed E-state index contributed by atoms with van der Waals surface area (Å²) in [5.74, 6) is -0.0859. The summed E-state index contributed by atoms with van der Waals surface area (Å²) in [6.45, 7) is 1.88. The number of aryl methyl sites for hydroxylation is 1. The van der Waals surface area contributed by atoms with Crippen LogP contribution in [0.15, 0.2) is 42.5 Å². The Morgan fingerprint density at radius 3 is 2.32 bits per heavy atom. The Labute approximate surface area is 151 Å². The summed E-state index contributed by atoms with van der Waals surface area (Å²) in [4.78, 5) is 25.4. The second kappa shape index (κ2) is 6.76. The molecule has 1 aliphatic rings. The number of rotatable bonds is 5. The van der Waals surface area contributed by atoms with Crippen molar-refractivity contribution in [2.24, 2.45) is 5.41 Å². The van der Waals surface area contributed by atoms with Gasteiger partial charge in [0.25, 0.3) is 0 Å². The third kappa shape index (κ3) is 3.46. The maximum atomic E-state index is 12.7. The standard InChI is InChI=1S/C19H19ClN2O3/c1-12-7-8-13(20)11-15(12)22-18(24)19(9-10-19)17(23)21-14-5-3-4-6-16(14)25-2/h3-8,11H,9-10H2,1-2H3,(H,21,23)(H,22,24). The minimum Gasteiger partial charge on any atom is -0.495 e. The molecule has 0 aromatic heterocycles. The van der Waals surface area contributed by atoms with Gasteiger partial charge in [-0.1, -0.05) is 29.8 Å². The summed E-state index contributed by atoms with van der Waals surface area (Å²) in [6.07, 6.45) is 1.03. The second-order valence-corrected chi connectivity index (χ2v) is 6.59. The molecule has 0 spiro atoms. The molecule has 25 heavy (non-hydrogen) atoms. The van der Waals surface area contributed by atoms with Gasteiger partial charge < -0.3 is 15.4 Å². The van der Waals surface area contributed by atoms with Crippen molar-refractivity contribution in [3.8, 4) is 5.75 Å². The summed E-state index contributed by atoms with van der Waals surface area (Å²) in [7, 11) is 1.53. The average Bonchev–Trinajstić information content (AvgIpc) is 3.40. The van der Waals surface area contributed by atoms with Crippen molar-refractivity contribution in [3.63, 3.8) is 0 Å². The van der Waals surface area contributed by atoms with Gasteiger partial charge in [-0.25, -0.2) is 0 Å². The van der Waals surface area contributed by atoms with Crippen molar-refractivity contribution < 1.29 is 14.3 Å². The first kappa shape index (κ1) is 17.3. The minimum absolute atomic E-state index is 0.315. The predicted octanol–water partition coefficient (Wildman–Crippen LogP) is 4.01. The van der Waals surface area contributed by atoms with Crippen LogP contribution in [0.5, 0.6) is 5.75 Å². The fourth-order valence-electron chi connectivity index (χ4n) is 2.64. The Hall–Kier alpha value is -2.53. The van der Waals surface area contributed by atoms with E-state index in [9.17, 15) is 9.59 Å². The molecule has 5 nitrogen and oxygen atoms in total. The molecule has 0 unspecified atom stereocenters. The van der Waals surface area contributed by atoms with E-state index in [1.54, 1.807) is 30.3 Å². The van der Waals surface area contributed by atoms with Gasteiger partial charge in [-0.3, -0.25) is 9.59 Å². The summed E-state index contributed by atoms with van der Waals surface area (Å²) >= 11 is 5.99. The van der Waals surface area contributed by atoms with Crippen LogP contribution >= 0.6 is 11.6 Å². The Balaban J connectivity index is 1.76. The normalized spacial score (nSPS) is 14.5. The Kier molecular flexibility index (Phi) is 4.68. The largest absolute Gasteiger partial charge is 0.495 e. The summed E-state index contributed by atoms with van der Waals surface area (Å²) in [5, 5.41) is 6.17. The molecule has 3 rings (SSSR count). The molecule has 1 saturated carbocycles. The van der Waals surface area contributed by atoms with E-state index in [1.807, 2.05) is 19.1 Å². The molecule has 2 N–H and O–H groups in total. The predicted molar refractivity (Wildman–Crippen MR) is 98.1 cm³/mol. The van der Waals surface area contributed by atoms with Gasteiger partial charge in [0.2, 0.25) is 11.8 Å². The SMILES string of the molecule is COc1ccccc1NC(=O)C1(C(=O)Nc2cc(Cl)ccc2C)CC1. The first-order chi connectivity index (χ1) is 12.0. The lowest BCUT2D eigenvalue weighted by Crippen LogP contribution is -2.35. The highest BCUT2D eigenvalue weighted by Crippen LogP contribution is 2.48. The number of hydrogen-bond donors (Lipinski definition) is 2. The fraction of sp³-hybridized carbons (Fsp3) is 0.263. The van der Waals surface area contributed by atoms with E-state index in [1.165, 1.54) is 7.11 Å². The van der Waals surface area contributed by atoms with Crippen LogP contribution in [0.3, 0.4) is 0 Å². The molecule has 2 aromatic rings. The third-order valence-corrected chi connectivity index (χ3v) is 4.66. The number of methoxy groups -OCH3 is 1. The highest BCUT2D eigenvalue weighted by atomic mass is 35.5. The van der Waals surface area contributed by atoms with Gasteiger partial charge in [-0.15, -0.1) is 0 Å². The number of benzene rings is 2. The van der Waals surface area contributed by atoms with Gasteiger partial charge in [-0.05, 0) is 49.6 Å². The first-order valence-corrected chi connectivity index (χ1v) is 8.36. The smallest absolute Gasteiger partial charge is 0.240 e. The van der Waals surface area contributed by atoms with E-state index in [-0.39, 0.29) is 11.8 Å². The molecule has 0 heterocycles. The molecule has 2 amide bonds. The molecular weight excluding hydrogens is 340 g/mol. The topological polar surface area (TPSA) is 67.4 Å². The van der Waals surface area contributed by atoms with Crippen molar-refractivity contribution in [1.29, 1.82) is 0 Å². The second-order valence-electron chi connectivity index (χ2n) is 6.15. The lowest BCUT2D eigenvalue weighted by atomic mass is 10.0. The summed E-state index contributed by atoms with van der Waals surface area (Å²) in [6, 6.07) is 12.4. The lowest BCUT2D eigenvalue weighted by molar-refractivity contribution is -0.131. The van der Waals surface area contributed by atoms with E-state index < -0.39 is 5.41 Å². The molecule has 1 aliphatic carbocycles. The van der Waals surface area contributed by atoms with Gasteiger partial charge in [0, 0.05) is 10.7 Å². The van der Waals surface area contributed by atoms with Crippen molar-refractivity contribution >= 4 is 34.8 Å². The van der Waals surface area contributed by atoms with Crippen LogP contribution in [-0.4, -0.2) is 18.9 Å². The van der Waals surface area contributed by atoms with E-state index in [4.69, 9.17) is 16.3 Å². The zero-order valence-corrected chi connectivity index (χ0v) is 14.8. The maximum Gasteiger partial charge on any atom is 0.240 e. The fourth-order valence-corrected chi connectivity index (χ4v) is 2.82. The van der Waals surface area contributed by atoms with Crippen LogP contribution in [0.1, 0.15) is 18.4 Å². The van der Waals surface area contributed by atoms with Crippen LogP contribution < -0.4 is 15.4 Å². The molecule has 1 fully saturated rings. The number of hydrogen-bond acceptors (Lipinski definition) is 3. The lowest BCUT2D eigenvalue weighted by Gasteiger charge is -2.17. The first-order valence-electron chi connectivity index (χ1n) is 7.98. The number of carbonyl (C=O) groups excluding carboxylic acids is 2. The third-order valence-electron chi connectivity index (χ3n) is 4.42. The quantitative estimate of drug-likeness (QED) is 0.793. The van der Waals surface area contributed by atoms with Gasteiger partial charge in [0.1, 0.15) is 11.2 Å². The molecule has 0 atom stereocenters. The van der Waals surface area contributed by atoms with Gasteiger partial charge in [-0.2, -0.15) is 0 Å². The number of carbonyl (C=O) groups is 2. The number of anilines is 2. The van der Waals surface area contributed by atoms with Crippen LogP contribution in [0.25, 0.3) is 0 Å². The van der Waals surface area contributed by atoms with Crippen LogP contribution in [-0.2, 0) is 9.59 Å². The number of para-hydroxylation sites is 2. The highest BCUT2D eigenvalue weighted by Gasteiger charge is 2.56. The number of amides is 2. The minimum atomic E-state index is -1.05.